The summed E-state index contributed by atoms with van der Waals surface area (Å²) in [6, 6.07) is 8.51. The standard InChI is InChI=1S/C19H19F3N2O3S/c1-3-13-15(23-18(26)19(20,21)22)16(14-5-4-10-28-14)24(17(13)25)11-6-8-12(27-2)9-7-11/h4-10,13,15-16H,3H2,1-2H3,(H,23,26)/t13-,15+,16-/m1/s1. The molecule has 2 amide bonds. The number of ether oxygens (including phenoxy) is 1. The van der Waals surface area contributed by atoms with Gasteiger partial charge in [-0.3, -0.25) is 9.59 Å². The van der Waals surface area contributed by atoms with Gasteiger partial charge in [-0.1, -0.05) is 13.0 Å². The summed E-state index contributed by atoms with van der Waals surface area (Å²) in [5.74, 6) is -2.53. The summed E-state index contributed by atoms with van der Waals surface area (Å²) in [6.45, 7) is 1.72. The highest BCUT2D eigenvalue weighted by atomic mass is 32.1. The molecule has 3 rings (SSSR count). The highest BCUT2D eigenvalue weighted by Crippen LogP contribution is 2.43. The molecule has 1 aliphatic rings. The lowest BCUT2D eigenvalue weighted by Crippen LogP contribution is -2.47. The van der Waals surface area contributed by atoms with Crippen molar-refractivity contribution in [2.45, 2.75) is 31.6 Å². The molecule has 2 aromatic rings. The van der Waals surface area contributed by atoms with Crippen LogP contribution in [0.25, 0.3) is 0 Å². The number of hydrogen-bond donors (Lipinski definition) is 1. The Morgan fingerprint density at radius 3 is 2.43 bits per heavy atom. The number of amides is 2. The summed E-state index contributed by atoms with van der Waals surface area (Å²) in [7, 11) is 1.51. The van der Waals surface area contributed by atoms with Crippen molar-refractivity contribution in [2.75, 3.05) is 12.0 Å². The van der Waals surface area contributed by atoms with Crippen LogP contribution in [0.3, 0.4) is 0 Å². The number of benzene rings is 1. The molecule has 1 saturated heterocycles. The molecule has 1 aromatic carbocycles. The van der Waals surface area contributed by atoms with Crippen molar-refractivity contribution in [3.63, 3.8) is 0 Å². The van der Waals surface area contributed by atoms with Crippen LogP contribution in [-0.4, -0.2) is 31.1 Å². The normalized spacial score (nSPS) is 22.4. The van der Waals surface area contributed by atoms with Crippen LogP contribution in [0.4, 0.5) is 18.9 Å². The van der Waals surface area contributed by atoms with Crippen molar-refractivity contribution in [1.82, 2.24) is 5.32 Å². The lowest BCUT2D eigenvalue weighted by Gasteiger charge is -2.28. The van der Waals surface area contributed by atoms with Gasteiger partial charge in [-0.25, -0.2) is 0 Å². The number of carbonyl (C=O) groups is 2. The summed E-state index contributed by atoms with van der Waals surface area (Å²) >= 11 is 1.33. The number of thiophene rings is 1. The summed E-state index contributed by atoms with van der Waals surface area (Å²) < 4.78 is 43.8. The zero-order valence-electron chi connectivity index (χ0n) is 15.2. The van der Waals surface area contributed by atoms with Gasteiger partial charge in [0.05, 0.1) is 25.1 Å². The molecule has 2 heterocycles. The third-order valence-corrected chi connectivity index (χ3v) is 5.73. The fourth-order valence-corrected chi connectivity index (χ4v) is 4.35. The summed E-state index contributed by atoms with van der Waals surface area (Å²) in [5.41, 5.74) is 0.534. The summed E-state index contributed by atoms with van der Waals surface area (Å²) in [5, 5.41) is 3.85. The van der Waals surface area contributed by atoms with E-state index in [1.165, 1.54) is 23.3 Å². The Bertz CT molecular complexity index is 837. The number of nitrogens with one attached hydrogen (secondary N) is 1. The van der Waals surface area contributed by atoms with Crippen LogP contribution >= 0.6 is 11.3 Å². The van der Waals surface area contributed by atoms with Crippen LogP contribution in [0, 0.1) is 5.92 Å². The molecule has 1 aliphatic heterocycles. The first-order valence-electron chi connectivity index (χ1n) is 8.66. The third-order valence-electron chi connectivity index (χ3n) is 4.79. The van der Waals surface area contributed by atoms with Crippen LogP contribution in [0.15, 0.2) is 41.8 Å². The minimum atomic E-state index is -5.02. The maximum absolute atomic E-state index is 13.1. The fraction of sp³-hybridized carbons (Fsp3) is 0.368. The van der Waals surface area contributed by atoms with Crippen molar-refractivity contribution in [3.8, 4) is 5.75 Å². The highest BCUT2D eigenvalue weighted by molar-refractivity contribution is 7.10. The van der Waals surface area contributed by atoms with Crippen LogP contribution in [-0.2, 0) is 9.59 Å². The van der Waals surface area contributed by atoms with Crippen molar-refractivity contribution in [2.24, 2.45) is 5.92 Å². The second-order valence-electron chi connectivity index (χ2n) is 6.38. The molecule has 1 aromatic heterocycles. The van der Waals surface area contributed by atoms with Crippen LogP contribution < -0.4 is 15.0 Å². The molecule has 28 heavy (non-hydrogen) atoms. The molecule has 0 spiro atoms. The maximum Gasteiger partial charge on any atom is 0.471 e. The molecule has 9 heteroatoms. The molecule has 1 fully saturated rings. The van der Waals surface area contributed by atoms with Gasteiger partial charge in [0.15, 0.2) is 0 Å². The predicted molar refractivity (Wildman–Crippen MR) is 99.3 cm³/mol. The fourth-order valence-electron chi connectivity index (χ4n) is 3.49. The highest BCUT2D eigenvalue weighted by Gasteiger charge is 2.52. The van der Waals surface area contributed by atoms with Crippen LogP contribution in [0.1, 0.15) is 24.3 Å². The van der Waals surface area contributed by atoms with E-state index in [4.69, 9.17) is 4.74 Å². The van der Waals surface area contributed by atoms with E-state index in [9.17, 15) is 22.8 Å². The first kappa shape index (κ1) is 20.2. The van der Waals surface area contributed by atoms with Gasteiger partial charge in [0, 0.05) is 10.6 Å². The molecular formula is C19H19F3N2O3S. The Labute approximate surface area is 164 Å². The lowest BCUT2D eigenvalue weighted by atomic mass is 9.94. The second-order valence-corrected chi connectivity index (χ2v) is 7.36. The average molecular weight is 412 g/mol. The van der Waals surface area contributed by atoms with Crippen molar-refractivity contribution in [3.05, 3.63) is 46.7 Å². The van der Waals surface area contributed by atoms with E-state index in [1.54, 1.807) is 48.7 Å². The number of rotatable bonds is 5. The van der Waals surface area contributed by atoms with Gasteiger partial charge < -0.3 is 15.0 Å². The molecule has 150 valence electrons. The quantitative estimate of drug-likeness (QED) is 0.810. The van der Waals surface area contributed by atoms with E-state index in [2.05, 4.69) is 5.32 Å². The van der Waals surface area contributed by atoms with Gasteiger partial charge in [-0.15, -0.1) is 11.3 Å². The van der Waals surface area contributed by atoms with Gasteiger partial charge in [0.2, 0.25) is 5.91 Å². The van der Waals surface area contributed by atoms with Crippen LogP contribution in [0.5, 0.6) is 5.75 Å². The van der Waals surface area contributed by atoms with Gasteiger partial charge in [-0.05, 0) is 42.1 Å². The average Bonchev–Trinajstić information content (AvgIpc) is 3.27. The Balaban J connectivity index is 2.04. The number of anilines is 1. The molecule has 0 bridgehead atoms. The molecule has 3 atom stereocenters. The second kappa shape index (κ2) is 7.83. The van der Waals surface area contributed by atoms with E-state index in [-0.39, 0.29) is 5.91 Å². The first-order chi connectivity index (χ1) is 13.3. The van der Waals surface area contributed by atoms with E-state index in [1.807, 2.05) is 0 Å². The minimum absolute atomic E-state index is 0.302. The number of nitrogens with zero attached hydrogens (tertiary/aromatic N) is 1. The van der Waals surface area contributed by atoms with Crippen molar-refractivity contribution >= 4 is 28.8 Å². The Morgan fingerprint density at radius 1 is 1.25 bits per heavy atom. The maximum atomic E-state index is 13.1. The molecule has 0 radical (unpaired) electrons. The Hall–Kier alpha value is -2.55. The van der Waals surface area contributed by atoms with Crippen molar-refractivity contribution < 1.29 is 27.5 Å². The molecule has 5 nitrogen and oxygen atoms in total. The molecule has 0 aliphatic carbocycles. The molecular weight excluding hydrogens is 393 g/mol. The summed E-state index contributed by atoms with van der Waals surface area (Å²) in [4.78, 5) is 26.9. The number of alkyl halides is 3. The topological polar surface area (TPSA) is 58.6 Å². The zero-order chi connectivity index (χ0) is 20.5. The molecule has 0 saturated carbocycles. The Morgan fingerprint density at radius 2 is 1.93 bits per heavy atom. The van der Waals surface area contributed by atoms with Gasteiger partial charge in [0.1, 0.15) is 5.75 Å². The Kier molecular flexibility index (Phi) is 5.64. The molecule has 0 unspecified atom stereocenters. The summed E-state index contributed by atoms with van der Waals surface area (Å²) in [6.07, 6.45) is -4.72. The van der Waals surface area contributed by atoms with Crippen molar-refractivity contribution in [1.29, 1.82) is 0 Å². The largest absolute Gasteiger partial charge is 0.497 e. The smallest absolute Gasteiger partial charge is 0.471 e. The van der Waals surface area contributed by atoms with E-state index in [0.29, 0.717) is 22.7 Å². The first-order valence-corrected chi connectivity index (χ1v) is 9.54. The number of carbonyl (C=O) groups excluding carboxylic acids is 2. The van der Waals surface area contributed by atoms with Gasteiger partial charge in [0.25, 0.3) is 0 Å². The third kappa shape index (κ3) is 3.71. The number of halogens is 3. The lowest BCUT2D eigenvalue weighted by molar-refractivity contribution is -0.174. The van der Waals surface area contributed by atoms with E-state index >= 15 is 0 Å². The minimum Gasteiger partial charge on any atom is -0.497 e. The van der Waals surface area contributed by atoms with Gasteiger partial charge in [-0.2, -0.15) is 13.2 Å². The number of methoxy groups -OCH3 is 1. The van der Waals surface area contributed by atoms with E-state index < -0.39 is 30.1 Å². The van der Waals surface area contributed by atoms with E-state index in [0.717, 1.165) is 0 Å². The SMILES string of the molecule is CC[C@H]1C(=O)N(c2ccc(OC)cc2)[C@H](c2cccs2)[C@H]1NC(=O)C(F)(F)F. The zero-order valence-corrected chi connectivity index (χ0v) is 16.0. The monoisotopic (exact) mass is 412 g/mol. The van der Waals surface area contributed by atoms with Gasteiger partial charge >= 0.3 is 12.1 Å². The van der Waals surface area contributed by atoms with Crippen LogP contribution in [0.2, 0.25) is 0 Å². The predicted octanol–water partition coefficient (Wildman–Crippen LogP) is 3.92. The number of hydrogen-bond acceptors (Lipinski definition) is 4. The molecule has 1 N–H and O–H groups in total.